The predicted octanol–water partition coefficient (Wildman–Crippen LogP) is 0.107. The molecule has 5 nitrogen and oxygen atoms in total. The van der Waals surface area contributed by atoms with E-state index in [0.29, 0.717) is 17.0 Å². The van der Waals surface area contributed by atoms with Gasteiger partial charge in [0.1, 0.15) is 6.20 Å². The second kappa shape index (κ2) is 2.10. The number of pyridine rings is 1. The van der Waals surface area contributed by atoms with Crippen molar-refractivity contribution in [3.63, 3.8) is 0 Å². The average molecular weight is 166 g/mol. The second-order valence-corrected chi connectivity index (χ2v) is 2.52. The number of hydrogen-bond acceptors (Lipinski definition) is 3. The molecule has 62 valence electrons. The molecule has 0 aromatic carbocycles. The van der Waals surface area contributed by atoms with Gasteiger partial charge >= 0.3 is 5.65 Å². The minimum Gasteiger partial charge on any atom is -0.373 e. The molecule has 2 rings (SSSR count). The van der Waals surface area contributed by atoms with Crippen LogP contribution in [0, 0.1) is 6.92 Å². The second-order valence-electron chi connectivity index (χ2n) is 2.52. The summed E-state index contributed by atoms with van der Waals surface area (Å²) in [4.78, 5) is 3.89. The summed E-state index contributed by atoms with van der Waals surface area (Å²) in [6.07, 6.45) is 1.55. The van der Waals surface area contributed by atoms with Crippen molar-refractivity contribution in [1.29, 1.82) is 0 Å². The van der Waals surface area contributed by atoms with Gasteiger partial charge in [0, 0.05) is 6.92 Å². The maximum absolute atomic E-state index is 9.37. The van der Waals surface area contributed by atoms with Gasteiger partial charge in [-0.05, 0) is 16.9 Å². The Morgan fingerprint density at radius 3 is 3.00 bits per heavy atom. The number of rotatable bonds is 0. The lowest BCUT2D eigenvalue weighted by Gasteiger charge is -1.85. The van der Waals surface area contributed by atoms with Crippen LogP contribution in [-0.2, 0) is 0 Å². The zero-order valence-corrected chi connectivity index (χ0v) is 6.47. The van der Waals surface area contributed by atoms with Crippen molar-refractivity contribution in [2.45, 2.75) is 6.92 Å². The van der Waals surface area contributed by atoms with Crippen LogP contribution in [0.5, 0.6) is 0 Å². The zero-order chi connectivity index (χ0) is 8.72. The molecule has 2 N–H and O–H groups in total. The third-order valence-electron chi connectivity index (χ3n) is 1.81. The molecule has 2 heterocycles. The highest BCUT2D eigenvalue weighted by molar-refractivity contribution is 5.66. The fourth-order valence-electron chi connectivity index (χ4n) is 1.13. The van der Waals surface area contributed by atoms with Gasteiger partial charge in [-0.3, -0.25) is 0 Å². The molecule has 0 saturated heterocycles. The van der Waals surface area contributed by atoms with Gasteiger partial charge in [-0.2, -0.15) is 0 Å². The monoisotopic (exact) mass is 166 g/mol. The van der Waals surface area contributed by atoms with E-state index in [2.05, 4.69) is 4.98 Å². The highest BCUT2D eigenvalue weighted by Crippen LogP contribution is 2.07. The predicted molar refractivity (Wildman–Crippen MR) is 39.0 cm³/mol. The van der Waals surface area contributed by atoms with Crippen LogP contribution < -0.4 is 4.73 Å². The summed E-state index contributed by atoms with van der Waals surface area (Å²) in [5, 5.41) is 18.7. The SMILES string of the molecule is Cc1n(O)c2cccnc2[n+]1O. The summed E-state index contributed by atoms with van der Waals surface area (Å²) >= 11 is 0. The van der Waals surface area contributed by atoms with Crippen LogP contribution in [0.25, 0.3) is 11.2 Å². The average Bonchev–Trinajstić information content (AvgIpc) is 2.33. The van der Waals surface area contributed by atoms with E-state index >= 15 is 0 Å². The number of imidazole rings is 1. The van der Waals surface area contributed by atoms with Crippen molar-refractivity contribution in [3.8, 4) is 0 Å². The van der Waals surface area contributed by atoms with Crippen LogP contribution in [0.1, 0.15) is 5.82 Å². The molecule has 0 fully saturated rings. The Morgan fingerprint density at radius 1 is 1.58 bits per heavy atom. The summed E-state index contributed by atoms with van der Waals surface area (Å²) in [5.74, 6) is 0.323. The van der Waals surface area contributed by atoms with Crippen molar-refractivity contribution < 1.29 is 15.1 Å². The number of aromatic nitrogens is 3. The lowest BCUT2D eigenvalue weighted by atomic mass is 10.4. The summed E-state index contributed by atoms with van der Waals surface area (Å²) in [6.45, 7) is 1.58. The van der Waals surface area contributed by atoms with Gasteiger partial charge in [0.2, 0.25) is 5.52 Å². The van der Waals surface area contributed by atoms with E-state index in [4.69, 9.17) is 0 Å². The smallest absolute Gasteiger partial charge is 0.342 e. The van der Waals surface area contributed by atoms with E-state index in [-0.39, 0.29) is 0 Å². The lowest BCUT2D eigenvalue weighted by molar-refractivity contribution is -0.891. The van der Waals surface area contributed by atoms with E-state index in [1.807, 2.05) is 0 Å². The molecule has 5 heteroatoms. The first kappa shape index (κ1) is 6.90. The number of hydrogen-bond donors (Lipinski definition) is 2. The van der Waals surface area contributed by atoms with Crippen molar-refractivity contribution >= 4 is 11.2 Å². The van der Waals surface area contributed by atoms with Crippen LogP contribution in [0.2, 0.25) is 0 Å². The highest BCUT2D eigenvalue weighted by Gasteiger charge is 2.20. The quantitative estimate of drug-likeness (QED) is 0.431. The molecule has 0 bridgehead atoms. The molecule has 0 saturated carbocycles. The van der Waals surface area contributed by atoms with Crippen molar-refractivity contribution in [3.05, 3.63) is 24.2 Å². The first-order valence-electron chi connectivity index (χ1n) is 3.48. The largest absolute Gasteiger partial charge is 0.373 e. The normalized spacial score (nSPS) is 10.8. The van der Waals surface area contributed by atoms with E-state index in [1.54, 1.807) is 25.3 Å². The lowest BCUT2D eigenvalue weighted by Crippen LogP contribution is -2.33. The Kier molecular flexibility index (Phi) is 1.21. The molecular formula is C7H8N3O2+. The molecule has 2 aromatic heterocycles. The molecule has 0 spiro atoms. The highest BCUT2D eigenvalue weighted by atomic mass is 16.5. The van der Waals surface area contributed by atoms with Crippen molar-refractivity contribution in [2.75, 3.05) is 0 Å². The third-order valence-corrected chi connectivity index (χ3v) is 1.81. The minimum atomic E-state index is 0.323. The van der Waals surface area contributed by atoms with Gasteiger partial charge in [0.05, 0.1) is 0 Å². The Balaban J connectivity index is 2.99. The molecule has 0 aliphatic rings. The maximum Gasteiger partial charge on any atom is 0.342 e. The fourth-order valence-corrected chi connectivity index (χ4v) is 1.13. The maximum atomic E-state index is 9.37. The zero-order valence-electron chi connectivity index (χ0n) is 6.47. The molecule has 0 radical (unpaired) electrons. The number of fused-ring (bicyclic) bond motifs is 1. The van der Waals surface area contributed by atoms with E-state index < -0.39 is 0 Å². The third kappa shape index (κ3) is 0.674. The van der Waals surface area contributed by atoms with Crippen LogP contribution in [0.3, 0.4) is 0 Å². The molecule has 12 heavy (non-hydrogen) atoms. The summed E-state index contributed by atoms with van der Waals surface area (Å²) in [6, 6.07) is 3.36. The standard InChI is InChI=1S/C7H8N3O2/c1-5-9(11)6-3-2-4-8-7(6)10(5)12/h2-4,11-12H,1H3/q+1. The van der Waals surface area contributed by atoms with E-state index in [0.717, 1.165) is 9.46 Å². The molecule has 0 aliphatic heterocycles. The molecule has 2 aromatic rings. The van der Waals surface area contributed by atoms with Crippen LogP contribution in [0.4, 0.5) is 0 Å². The molecule has 0 amide bonds. The molecule has 0 aliphatic carbocycles. The van der Waals surface area contributed by atoms with Crippen LogP contribution in [0.15, 0.2) is 18.3 Å². The molecule has 0 unspecified atom stereocenters. The first-order valence-corrected chi connectivity index (χ1v) is 3.48. The summed E-state index contributed by atoms with van der Waals surface area (Å²) < 4.78 is 1.73. The molecular weight excluding hydrogens is 158 g/mol. The minimum absolute atomic E-state index is 0.323. The Hall–Kier alpha value is -1.78. The van der Waals surface area contributed by atoms with E-state index in [9.17, 15) is 10.4 Å². The van der Waals surface area contributed by atoms with Gasteiger partial charge in [0.25, 0.3) is 5.82 Å². The van der Waals surface area contributed by atoms with Gasteiger partial charge in [-0.1, -0.05) is 4.73 Å². The van der Waals surface area contributed by atoms with Crippen LogP contribution >= 0.6 is 0 Å². The first-order chi connectivity index (χ1) is 5.72. The van der Waals surface area contributed by atoms with Crippen molar-refractivity contribution in [1.82, 2.24) is 9.71 Å². The van der Waals surface area contributed by atoms with Gasteiger partial charge in [0.15, 0.2) is 0 Å². The summed E-state index contributed by atoms with van der Waals surface area (Å²) in [7, 11) is 0. The van der Waals surface area contributed by atoms with Gasteiger partial charge in [-0.15, -0.1) is 4.98 Å². The summed E-state index contributed by atoms with van der Waals surface area (Å²) in [5.41, 5.74) is 0.829. The Morgan fingerprint density at radius 2 is 2.33 bits per heavy atom. The Labute approximate surface area is 68.0 Å². The fraction of sp³-hybridized carbons (Fsp3) is 0.143. The Bertz CT molecular complexity index is 396. The van der Waals surface area contributed by atoms with Crippen molar-refractivity contribution in [2.24, 2.45) is 0 Å². The van der Waals surface area contributed by atoms with Gasteiger partial charge < -0.3 is 10.4 Å². The van der Waals surface area contributed by atoms with Crippen LogP contribution in [-0.4, -0.2) is 20.1 Å². The van der Waals surface area contributed by atoms with Gasteiger partial charge in [-0.25, -0.2) is 0 Å². The van der Waals surface area contributed by atoms with E-state index in [1.165, 1.54) is 0 Å². The molecule has 0 atom stereocenters. The number of nitrogens with zero attached hydrogens (tertiary/aromatic N) is 3. The topological polar surface area (TPSA) is 62.2 Å².